The molecule has 1 aromatic rings. The Kier molecular flexibility index (Phi) is 5.53. The molecule has 5 heteroatoms. The molecule has 0 aliphatic carbocycles. The highest BCUT2D eigenvalue weighted by Crippen LogP contribution is 2.21. The van der Waals surface area contributed by atoms with Gasteiger partial charge in [-0.15, -0.1) is 0 Å². The minimum atomic E-state index is 0.340. The van der Waals surface area contributed by atoms with Gasteiger partial charge in [0.15, 0.2) is 0 Å². The van der Waals surface area contributed by atoms with Gasteiger partial charge in [0.2, 0.25) is 0 Å². The van der Waals surface area contributed by atoms with Crippen molar-refractivity contribution in [3.8, 4) is 0 Å². The van der Waals surface area contributed by atoms with Crippen LogP contribution in [0.5, 0.6) is 0 Å². The van der Waals surface area contributed by atoms with Crippen LogP contribution in [0.15, 0.2) is 6.20 Å². The number of hydrogen-bond acceptors (Lipinski definition) is 5. The van der Waals surface area contributed by atoms with E-state index in [9.17, 15) is 0 Å². The van der Waals surface area contributed by atoms with Gasteiger partial charge in [0.05, 0.1) is 17.6 Å². The van der Waals surface area contributed by atoms with E-state index in [2.05, 4.69) is 47.5 Å². The van der Waals surface area contributed by atoms with E-state index in [0.717, 1.165) is 49.3 Å². The smallest absolute Gasteiger partial charge is 0.131 e. The maximum absolute atomic E-state index is 5.89. The fourth-order valence-electron chi connectivity index (χ4n) is 2.81. The number of anilines is 1. The maximum atomic E-state index is 5.89. The van der Waals surface area contributed by atoms with Crippen molar-refractivity contribution in [1.29, 1.82) is 0 Å². The summed E-state index contributed by atoms with van der Waals surface area (Å²) in [5, 5.41) is 0. The van der Waals surface area contributed by atoms with Crippen LogP contribution in [-0.4, -0.2) is 47.6 Å². The van der Waals surface area contributed by atoms with Gasteiger partial charge in [0.25, 0.3) is 0 Å². The zero-order valence-electron chi connectivity index (χ0n) is 13.8. The molecule has 1 fully saturated rings. The summed E-state index contributed by atoms with van der Waals surface area (Å²) in [6.07, 6.45) is 1.96. The quantitative estimate of drug-likeness (QED) is 0.897. The first kappa shape index (κ1) is 16.2. The Balaban J connectivity index is 2.06. The first-order chi connectivity index (χ1) is 10.0. The van der Waals surface area contributed by atoms with Gasteiger partial charge in [-0.05, 0) is 5.92 Å². The Morgan fingerprint density at radius 2 is 1.81 bits per heavy atom. The molecule has 0 aromatic carbocycles. The molecule has 0 unspecified atom stereocenters. The Hall–Kier alpha value is -1.20. The maximum Gasteiger partial charge on any atom is 0.131 e. The lowest BCUT2D eigenvalue weighted by Gasteiger charge is -2.37. The van der Waals surface area contributed by atoms with Crippen molar-refractivity contribution in [2.45, 2.75) is 40.2 Å². The van der Waals surface area contributed by atoms with E-state index >= 15 is 0 Å². The summed E-state index contributed by atoms with van der Waals surface area (Å²) in [6, 6.07) is 0. The lowest BCUT2D eigenvalue weighted by atomic mass is 10.1. The first-order valence-corrected chi connectivity index (χ1v) is 8.04. The molecular formula is C16H29N5. The average molecular weight is 291 g/mol. The molecule has 2 rings (SSSR count). The molecule has 21 heavy (non-hydrogen) atoms. The average Bonchev–Trinajstić information content (AvgIpc) is 2.46. The van der Waals surface area contributed by atoms with Gasteiger partial charge in [0.1, 0.15) is 5.82 Å². The van der Waals surface area contributed by atoms with E-state index in [1.54, 1.807) is 0 Å². The summed E-state index contributed by atoms with van der Waals surface area (Å²) < 4.78 is 0. The summed E-state index contributed by atoms with van der Waals surface area (Å²) in [6.45, 7) is 14.7. The van der Waals surface area contributed by atoms with Crippen molar-refractivity contribution in [1.82, 2.24) is 14.9 Å². The van der Waals surface area contributed by atoms with Crippen molar-refractivity contribution in [2.75, 3.05) is 37.6 Å². The number of nitrogens with zero attached hydrogens (tertiary/aromatic N) is 4. The molecule has 1 aliphatic heterocycles. The SMILES string of the molecule is CC(C)CN1CCN(c2cnc(C(C)C)nc2CN)CC1. The molecule has 0 spiro atoms. The standard InChI is InChI=1S/C16H29N5/c1-12(2)11-20-5-7-21(8-6-20)15-10-18-16(13(3)4)19-14(15)9-17/h10,12-13H,5-9,11,17H2,1-4H3. The van der Waals surface area contributed by atoms with Crippen LogP contribution in [0.2, 0.25) is 0 Å². The fraction of sp³-hybridized carbons (Fsp3) is 0.750. The molecule has 1 aliphatic rings. The third-order valence-electron chi connectivity index (χ3n) is 3.91. The first-order valence-electron chi connectivity index (χ1n) is 8.04. The molecule has 0 radical (unpaired) electrons. The lowest BCUT2D eigenvalue weighted by molar-refractivity contribution is 0.231. The van der Waals surface area contributed by atoms with Crippen molar-refractivity contribution < 1.29 is 0 Å². The Morgan fingerprint density at radius 3 is 2.33 bits per heavy atom. The molecule has 1 saturated heterocycles. The van der Waals surface area contributed by atoms with Crippen molar-refractivity contribution in [3.05, 3.63) is 17.7 Å². The Morgan fingerprint density at radius 1 is 1.14 bits per heavy atom. The number of nitrogens with two attached hydrogens (primary N) is 1. The highest BCUT2D eigenvalue weighted by molar-refractivity contribution is 5.49. The number of rotatable bonds is 5. The third-order valence-corrected chi connectivity index (χ3v) is 3.91. The summed E-state index contributed by atoms with van der Waals surface area (Å²) in [5.74, 6) is 1.95. The minimum Gasteiger partial charge on any atom is -0.366 e. The molecular weight excluding hydrogens is 262 g/mol. The van der Waals surface area contributed by atoms with Crippen LogP contribution in [0.25, 0.3) is 0 Å². The highest BCUT2D eigenvalue weighted by atomic mass is 15.3. The number of aromatic nitrogens is 2. The Bertz CT molecular complexity index is 450. The van der Waals surface area contributed by atoms with Crippen LogP contribution < -0.4 is 10.6 Å². The zero-order valence-corrected chi connectivity index (χ0v) is 13.8. The molecule has 1 aromatic heterocycles. The fourth-order valence-corrected chi connectivity index (χ4v) is 2.81. The van der Waals surface area contributed by atoms with E-state index in [-0.39, 0.29) is 0 Å². The van der Waals surface area contributed by atoms with Crippen LogP contribution in [-0.2, 0) is 6.54 Å². The second-order valence-corrected chi connectivity index (χ2v) is 6.60. The molecule has 2 N–H and O–H groups in total. The largest absolute Gasteiger partial charge is 0.366 e. The summed E-state index contributed by atoms with van der Waals surface area (Å²) in [4.78, 5) is 14.1. The van der Waals surface area contributed by atoms with Crippen LogP contribution in [0, 0.1) is 5.92 Å². The normalized spacial score (nSPS) is 17.0. The van der Waals surface area contributed by atoms with Crippen LogP contribution in [0.4, 0.5) is 5.69 Å². The van der Waals surface area contributed by atoms with Gasteiger partial charge in [-0.2, -0.15) is 0 Å². The van der Waals surface area contributed by atoms with E-state index < -0.39 is 0 Å². The summed E-state index contributed by atoms with van der Waals surface area (Å²) in [5.41, 5.74) is 7.99. The summed E-state index contributed by atoms with van der Waals surface area (Å²) >= 11 is 0. The van der Waals surface area contributed by atoms with Gasteiger partial charge < -0.3 is 10.6 Å². The summed E-state index contributed by atoms with van der Waals surface area (Å²) in [7, 11) is 0. The van der Waals surface area contributed by atoms with Gasteiger partial charge in [-0.1, -0.05) is 27.7 Å². The van der Waals surface area contributed by atoms with Gasteiger partial charge >= 0.3 is 0 Å². The topological polar surface area (TPSA) is 58.3 Å². The minimum absolute atomic E-state index is 0.340. The van der Waals surface area contributed by atoms with Crippen LogP contribution in [0.1, 0.15) is 45.1 Å². The van der Waals surface area contributed by atoms with Crippen molar-refractivity contribution in [3.63, 3.8) is 0 Å². The number of piperazine rings is 1. The van der Waals surface area contributed by atoms with Gasteiger partial charge in [0, 0.05) is 45.2 Å². The van der Waals surface area contributed by atoms with Gasteiger partial charge in [-0.3, -0.25) is 4.90 Å². The molecule has 0 atom stereocenters. The molecule has 5 nitrogen and oxygen atoms in total. The van der Waals surface area contributed by atoms with E-state index in [1.165, 1.54) is 6.54 Å². The van der Waals surface area contributed by atoms with E-state index in [0.29, 0.717) is 12.5 Å². The van der Waals surface area contributed by atoms with Crippen LogP contribution in [0.3, 0.4) is 0 Å². The predicted octanol–water partition coefficient (Wildman–Crippen LogP) is 1.84. The molecule has 2 heterocycles. The van der Waals surface area contributed by atoms with Crippen molar-refractivity contribution >= 4 is 5.69 Å². The second-order valence-electron chi connectivity index (χ2n) is 6.60. The Labute approximate surface area is 128 Å². The van der Waals surface area contributed by atoms with E-state index in [1.807, 2.05) is 6.20 Å². The molecule has 0 bridgehead atoms. The van der Waals surface area contributed by atoms with E-state index in [4.69, 9.17) is 5.73 Å². The second kappa shape index (κ2) is 7.18. The molecule has 0 amide bonds. The zero-order chi connectivity index (χ0) is 15.4. The monoisotopic (exact) mass is 291 g/mol. The number of hydrogen-bond donors (Lipinski definition) is 1. The van der Waals surface area contributed by atoms with Gasteiger partial charge in [-0.25, -0.2) is 9.97 Å². The third kappa shape index (κ3) is 4.14. The van der Waals surface area contributed by atoms with Crippen molar-refractivity contribution in [2.24, 2.45) is 11.7 Å². The highest BCUT2D eigenvalue weighted by Gasteiger charge is 2.20. The molecule has 118 valence electrons. The lowest BCUT2D eigenvalue weighted by Crippen LogP contribution is -2.47. The molecule has 0 saturated carbocycles. The van der Waals surface area contributed by atoms with Crippen LogP contribution >= 0.6 is 0 Å². The predicted molar refractivity (Wildman–Crippen MR) is 87.5 cm³/mol.